The van der Waals surface area contributed by atoms with E-state index in [-0.39, 0.29) is 0 Å². The standard InChI is InChI=1S/C18H24/c1-3-14-9-5-4-6-12-17-16-11-8-7-10-15(16)13(2)18(14)17/h4-6,9,12-13,15-16H,3,7-8,10-11H2,1-2H3/b5-4-,6-4?,9-5?,12-6-,14-9-,17-12?,18-14?. The number of fused-ring (bicyclic) bond motifs is 2. The normalized spacial score (nSPS) is 41.2. The van der Waals surface area contributed by atoms with Crippen LogP contribution in [0.3, 0.4) is 0 Å². The van der Waals surface area contributed by atoms with Gasteiger partial charge in [-0.15, -0.1) is 0 Å². The van der Waals surface area contributed by atoms with E-state index >= 15 is 0 Å². The fourth-order valence-electron chi connectivity index (χ4n) is 4.31. The molecule has 0 bridgehead atoms. The molecule has 18 heavy (non-hydrogen) atoms. The van der Waals surface area contributed by atoms with Gasteiger partial charge in [-0.05, 0) is 53.7 Å². The van der Waals surface area contributed by atoms with Crippen LogP contribution in [0.1, 0.15) is 46.0 Å². The van der Waals surface area contributed by atoms with Gasteiger partial charge in [-0.3, -0.25) is 0 Å². The van der Waals surface area contributed by atoms with Gasteiger partial charge in [0.25, 0.3) is 0 Å². The average Bonchev–Trinajstić information content (AvgIpc) is 2.64. The zero-order valence-electron chi connectivity index (χ0n) is 11.7. The summed E-state index contributed by atoms with van der Waals surface area (Å²) in [5.41, 5.74) is 4.94. The number of hydrogen-bond donors (Lipinski definition) is 0. The monoisotopic (exact) mass is 240 g/mol. The van der Waals surface area contributed by atoms with Crippen molar-refractivity contribution in [2.24, 2.45) is 17.8 Å². The second-order valence-corrected chi connectivity index (χ2v) is 6.00. The maximum atomic E-state index is 2.47. The SMILES string of the molecule is CC/C1=C/C=C\C=C/C2=C1C(C)C1CCCCC21. The average molecular weight is 240 g/mol. The molecule has 0 amide bonds. The van der Waals surface area contributed by atoms with Crippen LogP contribution in [0.15, 0.2) is 47.1 Å². The second-order valence-electron chi connectivity index (χ2n) is 6.00. The van der Waals surface area contributed by atoms with Crippen LogP contribution in [0, 0.1) is 17.8 Å². The lowest BCUT2D eigenvalue weighted by atomic mass is 9.75. The lowest BCUT2D eigenvalue weighted by molar-refractivity contribution is 0.249. The molecule has 0 aromatic heterocycles. The summed E-state index contributed by atoms with van der Waals surface area (Å²) in [4.78, 5) is 0. The van der Waals surface area contributed by atoms with E-state index in [9.17, 15) is 0 Å². The van der Waals surface area contributed by atoms with Crippen LogP contribution < -0.4 is 0 Å². The highest BCUT2D eigenvalue weighted by Gasteiger charge is 2.40. The van der Waals surface area contributed by atoms with E-state index in [1.165, 1.54) is 32.1 Å². The summed E-state index contributed by atoms with van der Waals surface area (Å²) in [6.45, 7) is 4.76. The molecule has 1 fully saturated rings. The Morgan fingerprint density at radius 3 is 2.78 bits per heavy atom. The molecule has 0 saturated heterocycles. The lowest BCUT2D eigenvalue weighted by Crippen LogP contribution is -2.20. The first kappa shape index (κ1) is 12.0. The molecular formula is C18H24. The number of rotatable bonds is 1. The van der Waals surface area contributed by atoms with E-state index in [2.05, 4.69) is 44.2 Å². The van der Waals surface area contributed by atoms with Crippen molar-refractivity contribution in [1.82, 2.24) is 0 Å². The van der Waals surface area contributed by atoms with Gasteiger partial charge in [-0.25, -0.2) is 0 Å². The van der Waals surface area contributed by atoms with Crippen molar-refractivity contribution >= 4 is 0 Å². The predicted octanol–water partition coefficient (Wildman–Crippen LogP) is 5.20. The van der Waals surface area contributed by atoms with Gasteiger partial charge in [0.05, 0.1) is 0 Å². The maximum Gasteiger partial charge on any atom is -0.0125 e. The van der Waals surface area contributed by atoms with Crippen molar-refractivity contribution in [2.75, 3.05) is 0 Å². The van der Waals surface area contributed by atoms with E-state index in [0.717, 1.165) is 17.8 Å². The Kier molecular flexibility index (Phi) is 3.28. The van der Waals surface area contributed by atoms with Gasteiger partial charge < -0.3 is 0 Å². The minimum absolute atomic E-state index is 0.771. The molecule has 0 N–H and O–H groups in total. The molecule has 3 rings (SSSR count). The van der Waals surface area contributed by atoms with Crippen molar-refractivity contribution in [1.29, 1.82) is 0 Å². The van der Waals surface area contributed by atoms with Gasteiger partial charge >= 0.3 is 0 Å². The minimum atomic E-state index is 0.771. The van der Waals surface area contributed by atoms with Crippen LogP contribution in [0.4, 0.5) is 0 Å². The zero-order valence-corrected chi connectivity index (χ0v) is 11.7. The largest absolute Gasteiger partial charge is 0.0622 e. The van der Waals surface area contributed by atoms with Crippen molar-refractivity contribution < 1.29 is 0 Å². The van der Waals surface area contributed by atoms with Gasteiger partial charge in [0.15, 0.2) is 0 Å². The molecule has 0 nitrogen and oxygen atoms in total. The highest BCUT2D eigenvalue weighted by molar-refractivity contribution is 5.50. The molecular weight excluding hydrogens is 216 g/mol. The van der Waals surface area contributed by atoms with Crippen LogP contribution in [-0.4, -0.2) is 0 Å². The molecule has 0 radical (unpaired) electrons. The summed E-state index contributed by atoms with van der Waals surface area (Å²) in [6.07, 6.45) is 18.3. The van der Waals surface area contributed by atoms with Crippen LogP contribution in [-0.2, 0) is 0 Å². The maximum absolute atomic E-state index is 2.47. The first-order valence-electron chi connectivity index (χ1n) is 7.61. The second kappa shape index (κ2) is 4.91. The molecule has 3 atom stereocenters. The molecule has 96 valence electrons. The quantitative estimate of drug-likeness (QED) is 0.591. The van der Waals surface area contributed by atoms with Crippen molar-refractivity contribution in [3.05, 3.63) is 47.1 Å². The molecule has 3 aliphatic carbocycles. The van der Waals surface area contributed by atoms with Gasteiger partial charge in [0.1, 0.15) is 0 Å². The van der Waals surface area contributed by atoms with Gasteiger partial charge in [-0.2, -0.15) is 0 Å². The van der Waals surface area contributed by atoms with E-state index in [4.69, 9.17) is 0 Å². The topological polar surface area (TPSA) is 0 Å². The smallest absolute Gasteiger partial charge is 0.0125 e. The third-order valence-electron chi connectivity index (χ3n) is 5.15. The third-order valence-corrected chi connectivity index (χ3v) is 5.15. The summed E-state index contributed by atoms with van der Waals surface area (Å²) < 4.78 is 0. The van der Waals surface area contributed by atoms with E-state index in [0.29, 0.717) is 0 Å². The summed E-state index contributed by atoms with van der Waals surface area (Å²) in [6, 6.07) is 0. The lowest BCUT2D eigenvalue weighted by Gasteiger charge is -2.29. The molecule has 0 spiro atoms. The highest BCUT2D eigenvalue weighted by Crippen LogP contribution is 2.52. The molecule has 3 aliphatic rings. The van der Waals surface area contributed by atoms with Crippen molar-refractivity contribution in [2.45, 2.75) is 46.0 Å². The highest BCUT2D eigenvalue weighted by atomic mass is 14.4. The minimum Gasteiger partial charge on any atom is -0.0622 e. The van der Waals surface area contributed by atoms with Crippen LogP contribution in [0.2, 0.25) is 0 Å². The van der Waals surface area contributed by atoms with Crippen molar-refractivity contribution in [3.63, 3.8) is 0 Å². The molecule has 0 aliphatic heterocycles. The number of allylic oxidation sites excluding steroid dienone is 8. The fraction of sp³-hybridized carbons (Fsp3) is 0.556. The van der Waals surface area contributed by atoms with Crippen molar-refractivity contribution in [3.8, 4) is 0 Å². The molecule has 3 unspecified atom stereocenters. The van der Waals surface area contributed by atoms with Gasteiger partial charge in [0, 0.05) is 0 Å². The van der Waals surface area contributed by atoms with E-state index < -0.39 is 0 Å². The van der Waals surface area contributed by atoms with E-state index in [1.807, 2.05) is 0 Å². The molecule has 1 saturated carbocycles. The Bertz CT molecular complexity index is 445. The summed E-state index contributed by atoms with van der Waals surface area (Å²) in [7, 11) is 0. The Labute approximate surface area is 111 Å². The van der Waals surface area contributed by atoms with Gasteiger partial charge in [0.2, 0.25) is 0 Å². The summed E-state index contributed by atoms with van der Waals surface area (Å²) >= 11 is 0. The van der Waals surface area contributed by atoms with Crippen LogP contribution in [0.5, 0.6) is 0 Å². The Balaban J connectivity index is 2.06. The first-order chi connectivity index (χ1) is 8.83. The molecule has 0 aromatic carbocycles. The molecule has 0 heterocycles. The molecule has 0 aromatic rings. The third kappa shape index (κ3) is 1.83. The summed E-state index contributed by atoms with van der Waals surface area (Å²) in [5, 5.41) is 0. The number of hydrogen-bond acceptors (Lipinski definition) is 0. The predicted molar refractivity (Wildman–Crippen MR) is 78.3 cm³/mol. The zero-order chi connectivity index (χ0) is 12.5. The summed E-state index contributed by atoms with van der Waals surface area (Å²) in [5.74, 6) is 2.54. The molecule has 0 heteroatoms. The van der Waals surface area contributed by atoms with Gasteiger partial charge in [-0.1, -0.05) is 57.1 Å². The first-order valence-corrected chi connectivity index (χ1v) is 7.61. The Morgan fingerprint density at radius 1 is 1.11 bits per heavy atom. The van der Waals surface area contributed by atoms with Crippen LogP contribution >= 0.6 is 0 Å². The van der Waals surface area contributed by atoms with E-state index in [1.54, 1.807) is 16.7 Å². The Morgan fingerprint density at radius 2 is 1.94 bits per heavy atom. The Hall–Kier alpha value is -1.04. The van der Waals surface area contributed by atoms with Crippen LogP contribution in [0.25, 0.3) is 0 Å². The fourth-order valence-corrected chi connectivity index (χ4v) is 4.31.